The van der Waals surface area contributed by atoms with Crippen LogP contribution in [0.1, 0.15) is 48.0 Å². The van der Waals surface area contributed by atoms with E-state index in [1.54, 1.807) is 0 Å². The molecule has 2 fully saturated rings. The van der Waals surface area contributed by atoms with Gasteiger partial charge in [0, 0.05) is 29.4 Å². The van der Waals surface area contributed by atoms with Gasteiger partial charge in [-0.1, -0.05) is 36.4 Å². The standard InChI is InChI=1S/C23H27N3OS/c1-16-8-5-6-13-21(16)22(27)24-18-14-19-11-7-12-20(15-18)26(19)23(28)25-17-9-3-2-4-10-17/h2-6,8-10,13,18-20H,7,11-12,14-15H2,1H3,(H,24,27)(H,25,28)/t19-,20-/m1/s1. The summed E-state index contributed by atoms with van der Waals surface area (Å²) < 4.78 is 0. The molecule has 2 bridgehead atoms. The van der Waals surface area contributed by atoms with Crippen LogP contribution in [0.5, 0.6) is 0 Å². The molecule has 2 atom stereocenters. The second kappa shape index (κ2) is 8.31. The van der Waals surface area contributed by atoms with E-state index in [9.17, 15) is 4.79 Å². The summed E-state index contributed by atoms with van der Waals surface area (Å²) in [5.74, 6) is 0.0413. The fourth-order valence-electron chi connectivity index (χ4n) is 4.63. The van der Waals surface area contributed by atoms with Crippen molar-refractivity contribution in [3.63, 3.8) is 0 Å². The van der Waals surface area contributed by atoms with Crippen molar-refractivity contribution in [2.45, 2.75) is 57.2 Å². The summed E-state index contributed by atoms with van der Waals surface area (Å²) in [6.45, 7) is 1.99. The molecule has 0 aliphatic carbocycles. The molecule has 4 rings (SSSR count). The molecule has 28 heavy (non-hydrogen) atoms. The van der Waals surface area contributed by atoms with Crippen LogP contribution in [0.15, 0.2) is 54.6 Å². The maximum absolute atomic E-state index is 12.7. The first-order valence-electron chi connectivity index (χ1n) is 10.1. The Balaban J connectivity index is 1.42. The lowest BCUT2D eigenvalue weighted by molar-refractivity contribution is 0.0755. The number of rotatable bonds is 3. The molecule has 0 saturated carbocycles. The number of nitrogens with zero attached hydrogens (tertiary/aromatic N) is 1. The molecule has 2 aliphatic heterocycles. The van der Waals surface area contributed by atoms with Crippen molar-refractivity contribution in [3.8, 4) is 0 Å². The van der Waals surface area contributed by atoms with Gasteiger partial charge in [0.05, 0.1) is 0 Å². The lowest BCUT2D eigenvalue weighted by atomic mass is 9.82. The molecule has 4 nitrogen and oxygen atoms in total. The molecule has 0 spiro atoms. The number of carbonyl (C=O) groups excluding carboxylic acids is 1. The van der Waals surface area contributed by atoms with E-state index in [0.717, 1.165) is 47.6 Å². The fourth-order valence-corrected chi connectivity index (χ4v) is 5.05. The number of para-hydroxylation sites is 1. The monoisotopic (exact) mass is 393 g/mol. The summed E-state index contributed by atoms with van der Waals surface area (Å²) in [5.41, 5.74) is 2.82. The van der Waals surface area contributed by atoms with Crippen LogP contribution in [0, 0.1) is 6.92 Å². The van der Waals surface area contributed by atoms with Gasteiger partial charge in [-0.05, 0) is 75.0 Å². The van der Waals surface area contributed by atoms with Crippen LogP contribution in [-0.4, -0.2) is 34.0 Å². The topological polar surface area (TPSA) is 44.4 Å². The van der Waals surface area contributed by atoms with Crippen molar-refractivity contribution in [3.05, 3.63) is 65.7 Å². The molecule has 2 aromatic carbocycles. The molecular weight excluding hydrogens is 366 g/mol. The summed E-state index contributed by atoms with van der Waals surface area (Å²) in [4.78, 5) is 15.1. The molecule has 0 unspecified atom stereocenters. The van der Waals surface area contributed by atoms with Gasteiger partial charge in [0.15, 0.2) is 5.11 Å². The van der Waals surface area contributed by atoms with Crippen molar-refractivity contribution in [2.24, 2.45) is 0 Å². The van der Waals surface area contributed by atoms with E-state index in [1.807, 2.05) is 61.5 Å². The van der Waals surface area contributed by atoms with E-state index in [2.05, 4.69) is 15.5 Å². The highest BCUT2D eigenvalue weighted by Crippen LogP contribution is 2.35. The highest BCUT2D eigenvalue weighted by molar-refractivity contribution is 7.80. The smallest absolute Gasteiger partial charge is 0.251 e. The number of carbonyl (C=O) groups is 1. The third kappa shape index (κ3) is 4.04. The van der Waals surface area contributed by atoms with Gasteiger partial charge in [0.1, 0.15) is 0 Å². The van der Waals surface area contributed by atoms with E-state index in [-0.39, 0.29) is 11.9 Å². The predicted molar refractivity (Wildman–Crippen MR) is 118 cm³/mol. The van der Waals surface area contributed by atoms with Crippen LogP contribution in [0.2, 0.25) is 0 Å². The molecule has 2 saturated heterocycles. The minimum Gasteiger partial charge on any atom is -0.349 e. The normalized spacial score (nSPS) is 23.8. The largest absolute Gasteiger partial charge is 0.349 e. The first-order valence-corrected chi connectivity index (χ1v) is 10.5. The summed E-state index contributed by atoms with van der Waals surface area (Å²) in [6, 6.07) is 18.9. The number of fused-ring (bicyclic) bond motifs is 2. The van der Waals surface area contributed by atoms with E-state index in [0.29, 0.717) is 12.1 Å². The summed E-state index contributed by atoms with van der Waals surface area (Å²) in [6.07, 6.45) is 5.39. The van der Waals surface area contributed by atoms with Crippen LogP contribution >= 0.6 is 12.2 Å². The van der Waals surface area contributed by atoms with Gasteiger partial charge in [-0.25, -0.2) is 0 Å². The number of aryl methyl sites for hydroxylation is 1. The number of benzene rings is 2. The number of piperidine rings is 2. The Morgan fingerprint density at radius 2 is 1.64 bits per heavy atom. The van der Waals surface area contributed by atoms with Gasteiger partial charge in [0.25, 0.3) is 5.91 Å². The Bertz CT molecular complexity index is 840. The van der Waals surface area contributed by atoms with Crippen molar-refractivity contribution >= 4 is 28.9 Å². The fraction of sp³-hybridized carbons (Fsp3) is 0.391. The molecule has 2 N–H and O–H groups in total. The number of hydrogen-bond donors (Lipinski definition) is 2. The second-order valence-electron chi connectivity index (χ2n) is 7.90. The third-order valence-electron chi connectivity index (χ3n) is 5.96. The summed E-state index contributed by atoms with van der Waals surface area (Å²) in [7, 11) is 0. The average molecular weight is 394 g/mol. The maximum atomic E-state index is 12.7. The number of thiocarbonyl (C=S) groups is 1. The number of hydrogen-bond acceptors (Lipinski definition) is 2. The highest BCUT2D eigenvalue weighted by Gasteiger charge is 2.40. The van der Waals surface area contributed by atoms with Gasteiger partial charge in [-0.3, -0.25) is 4.79 Å². The Hall–Kier alpha value is -2.40. The quantitative estimate of drug-likeness (QED) is 0.753. The maximum Gasteiger partial charge on any atom is 0.251 e. The summed E-state index contributed by atoms with van der Waals surface area (Å²) in [5, 5.41) is 7.49. The molecule has 5 heteroatoms. The molecule has 0 aromatic heterocycles. The SMILES string of the molecule is Cc1ccccc1C(=O)NC1C[C@H]2CCC[C@H](C1)N2C(=S)Nc1ccccc1. The average Bonchev–Trinajstić information content (AvgIpc) is 2.68. The highest BCUT2D eigenvalue weighted by atomic mass is 32.1. The van der Waals surface area contributed by atoms with Crippen LogP contribution in [0.3, 0.4) is 0 Å². The zero-order valence-electron chi connectivity index (χ0n) is 16.2. The van der Waals surface area contributed by atoms with Crippen LogP contribution in [0.4, 0.5) is 5.69 Å². The van der Waals surface area contributed by atoms with E-state index in [1.165, 1.54) is 6.42 Å². The van der Waals surface area contributed by atoms with E-state index >= 15 is 0 Å². The summed E-state index contributed by atoms with van der Waals surface area (Å²) >= 11 is 5.76. The zero-order chi connectivity index (χ0) is 19.5. The van der Waals surface area contributed by atoms with Crippen LogP contribution in [0.25, 0.3) is 0 Å². The Morgan fingerprint density at radius 3 is 2.32 bits per heavy atom. The molecule has 1 amide bonds. The molecule has 2 heterocycles. The Labute approximate surface area is 172 Å². The van der Waals surface area contributed by atoms with Crippen molar-refractivity contribution in [2.75, 3.05) is 5.32 Å². The Morgan fingerprint density at radius 1 is 1.00 bits per heavy atom. The number of nitrogens with one attached hydrogen (secondary N) is 2. The number of anilines is 1. The molecule has 2 aliphatic rings. The lowest BCUT2D eigenvalue weighted by Gasteiger charge is -2.50. The molecule has 2 aromatic rings. The third-order valence-corrected chi connectivity index (χ3v) is 6.27. The Kier molecular flexibility index (Phi) is 5.62. The van der Waals surface area contributed by atoms with Crippen molar-refractivity contribution in [1.82, 2.24) is 10.2 Å². The van der Waals surface area contributed by atoms with Crippen molar-refractivity contribution < 1.29 is 4.79 Å². The lowest BCUT2D eigenvalue weighted by Crippen LogP contribution is -2.59. The van der Waals surface area contributed by atoms with Gasteiger partial charge >= 0.3 is 0 Å². The minimum absolute atomic E-state index is 0.0413. The van der Waals surface area contributed by atoms with Gasteiger partial charge in [-0.2, -0.15) is 0 Å². The second-order valence-corrected chi connectivity index (χ2v) is 8.29. The van der Waals surface area contributed by atoms with E-state index < -0.39 is 0 Å². The molecule has 146 valence electrons. The first kappa shape index (κ1) is 18.9. The van der Waals surface area contributed by atoms with E-state index in [4.69, 9.17) is 12.2 Å². The van der Waals surface area contributed by atoms with Gasteiger partial charge in [-0.15, -0.1) is 0 Å². The van der Waals surface area contributed by atoms with Gasteiger partial charge < -0.3 is 15.5 Å². The molecule has 0 radical (unpaired) electrons. The van der Waals surface area contributed by atoms with Gasteiger partial charge in [0.2, 0.25) is 0 Å². The molecular formula is C23H27N3OS. The first-order chi connectivity index (χ1) is 13.6. The predicted octanol–water partition coefficient (Wildman–Crippen LogP) is 4.51. The van der Waals surface area contributed by atoms with Crippen molar-refractivity contribution in [1.29, 1.82) is 0 Å². The van der Waals surface area contributed by atoms with Crippen LogP contribution < -0.4 is 10.6 Å². The van der Waals surface area contributed by atoms with Crippen LogP contribution in [-0.2, 0) is 0 Å². The minimum atomic E-state index is 0.0413. The zero-order valence-corrected chi connectivity index (χ0v) is 17.0. The number of amides is 1.